The lowest BCUT2D eigenvalue weighted by Gasteiger charge is -2.22. The number of aliphatic imine (C=N–C) groups is 1. The van der Waals surface area contributed by atoms with Gasteiger partial charge in [-0.3, -0.25) is 4.99 Å². The lowest BCUT2D eigenvalue weighted by molar-refractivity contribution is 0.354. The number of methoxy groups -OCH3 is 2. The van der Waals surface area contributed by atoms with E-state index in [1.54, 1.807) is 38.9 Å². The summed E-state index contributed by atoms with van der Waals surface area (Å²) in [6, 6.07) is 9.96. The topological polar surface area (TPSA) is 72.1 Å². The fourth-order valence-corrected chi connectivity index (χ4v) is 3.55. The molecule has 0 aliphatic heterocycles. The van der Waals surface area contributed by atoms with Crippen molar-refractivity contribution in [1.82, 2.24) is 15.2 Å². The van der Waals surface area contributed by atoms with Crippen LogP contribution in [0.1, 0.15) is 11.3 Å². The van der Waals surface area contributed by atoms with Gasteiger partial charge in [-0.25, -0.2) is 4.98 Å². The Morgan fingerprint density at radius 3 is 2.76 bits per heavy atom. The zero-order valence-corrected chi connectivity index (χ0v) is 18.0. The van der Waals surface area contributed by atoms with Gasteiger partial charge in [-0.2, -0.15) is 0 Å². The van der Waals surface area contributed by atoms with Crippen molar-refractivity contribution in [3.05, 3.63) is 53.2 Å². The minimum absolute atomic E-state index is 0.544. The number of thiophene rings is 1. The maximum atomic E-state index is 5.57. The molecule has 8 heteroatoms. The average Bonchev–Trinajstić information content (AvgIpc) is 3.44. The number of nitrogens with one attached hydrogen (secondary N) is 1. The second-order valence-electron chi connectivity index (χ2n) is 6.38. The molecule has 3 rings (SSSR count). The van der Waals surface area contributed by atoms with Crippen LogP contribution < -0.4 is 14.8 Å². The molecule has 0 fully saturated rings. The van der Waals surface area contributed by atoms with Crippen molar-refractivity contribution in [2.45, 2.75) is 13.0 Å². The van der Waals surface area contributed by atoms with E-state index in [-0.39, 0.29) is 0 Å². The second kappa shape index (κ2) is 9.97. The predicted octanol–water partition coefficient (Wildman–Crippen LogP) is 3.67. The van der Waals surface area contributed by atoms with E-state index in [4.69, 9.17) is 13.9 Å². The summed E-state index contributed by atoms with van der Waals surface area (Å²) in [5.74, 6) is 2.92. The molecule has 1 N–H and O–H groups in total. The summed E-state index contributed by atoms with van der Waals surface area (Å²) >= 11 is 1.61. The van der Waals surface area contributed by atoms with Crippen LogP contribution in [0.5, 0.6) is 11.5 Å². The Morgan fingerprint density at radius 1 is 1.24 bits per heavy atom. The minimum Gasteiger partial charge on any atom is -0.493 e. The molecule has 0 atom stereocenters. The second-order valence-corrected chi connectivity index (χ2v) is 7.33. The Kier molecular flexibility index (Phi) is 7.13. The van der Waals surface area contributed by atoms with Crippen LogP contribution in [0.25, 0.3) is 10.8 Å². The van der Waals surface area contributed by atoms with Gasteiger partial charge in [0.2, 0.25) is 5.89 Å². The van der Waals surface area contributed by atoms with E-state index in [9.17, 15) is 0 Å². The van der Waals surface area contributed by atoms with Gasteiger partial charge in [-0.05, 0) is 35.6 Å². The maximum Gasteiger partial charge on any atom is 0.236 e. The first kappa shape index (κ1) is 20.7. The molecule has 2 aromatic heterocycles. The maximum absolute atomic E-state index is 5.57. The molecule has 3 aromatic rings. The number of rotatable bonds is 8. The molecule has 0 bridgehead atoms. The van der Waals surface area contributed by atoms with E-state index in [1.165, 1.54) is 5.56 Å². The summed E-state index contributed by atoms with van der Waals surface area (Å²) in [7, 11) is 7.07. The summed E-state index contributed by atoms with van der Waals surface area (Å²) in [4.78, 5) is 12.0. The molecule has 0 amide bonds. The minimum atomic E-state index is 0.544. The highest BCUT2D eigenvalue weighted by Crippen LogP contribution is 2.27. The highest BCUT2D eigenvalue weighted by atomic mass is 32.1. The van der Waals surface area contributed by atoms with Gasteiger partial charge >= 0.3 is 0 Å². The molecule has 0 aliphatic rings. The first-order valence-electron chi connectivity index (χ1n) is 9.25. The first-order chi connectivity index (χ1) is 14.1. The number of hydrogen-bond acceptors (Lipinski definition) is 6. The fraction of sp³-hybridized carbons (Fsp3) is 0.333. The normalized spacial score (nSPS) is 11.4. The third kappa shape index (κ3) is 5.29. The monoisotopic (exact) mass is 414 g/mol. The molecule has 29 heavy (non-hydrogen) atoms. The number of likely N-dealkylation sites (N-methyl/N-ethyl adjacent to an activating group) is 1. The van der Waals surface area contributed by atoms with Gasteiger partial charge in [0, 0.05) is 20.6 Å². The molecule has 2 heterocycles. The van der Waals surface area contributed by atoms with Crippen molar-refractivity contribution in [3.63, 3.8) is 0 Å². The number of guanidine groups is 1. The third-order valence-corrected chi connectivity index (χ3v) is 5.33. The van der Waals surface area contributed by atoms with Crippen molar-refractivity contribution in [1.29, 1.82) is 0 Å². The molecule has 0 radical (unpaired) electrons. The SMILES string of the molecule is CN=C(NCc1coc(-c2cccs2)n1)N(C)CCc1ccc(OC)c(OC)c1. The van der Waals surface area contributed by atoms with Crippen molar-refractivity contribution in [3.8, 4) is 22.3 Å². The van der Waals surface area contributed by atoms with Crippen LogP contribution in [-0.4, -0.2) is 50.7 Å². The predicted molar refractivity (Wildman–Crippen MR) is 116 cm³/mol. The molecule has 1 aromatic carbocycles. The Bertz CT molecular complexity index is 937. The van der Waals surface area contributed by atoms with Gasteiger partial charge < -0.3 is 24.1 Å². The number of benzene rings is 1. The smallest absolute Gasteiger partial charge is 0.236 e. The van der Waals surface area contributed by atoms with E-state index in [0.29, 0.717) is 12.4 Å². The van der Waals surface area contributed by atoms with Crippen LogP contribution in [0.4, 0.5) is 0 Å². The molecule has 0 saturated heterocycles. The number of hydrogen-bond donors (Lipinski definition) is 1. The molecule has 0 saturated carbocycles. The van der Waals surface area contributed by atoms with E-state index in [0.717, 1.165) is 41.0 Å². The third-order valence-electron chi connectivity index (χ3n) is 4.47. The Morgan fingerprint density at radius 2 is 2.07 bits per heavy atom. The quantitative estimate of drug-likeness (QED) is 0.448. The van der Waals surface area contributed by atoms with Crippen molar-refractivity contribution in [2.24, 2.45) is 4.99 Å². The van der Waals surface area contributed by atoms with Crippen molar-refractivity contribution < 1.29 is 13.9 Å². The summed E-state index contributed by atoms with van der Waals surface area (Å²) in [6.07, 6.45) is 2.53. The number of nitrogens with zero attached hydrogens (tertiary/aromatic N) is 3. The highest BCUT2D eigenvalue weighted by molar-refractivity contribution is 7.13. The van der Waals surface area contributed by atoms with Crippen molar-refractivity contribution >= 4 is 17.3 Å². The Balaban J connectivity index is 1.53. The zero-order valence-electron chi connectivity index (χ0n) is 17.1. The van der Waals surface area contributed by atoms with Crippen LogP contribution in [0.15, 0.2) is 51.4 Å². The van der Waals surface area contributed by atoms with Crippen LogP contribution >= 0.6 is 11.3 Å². The van der Waals surface area contributed by atoms with Crippen LogP contribution in [0, 0.1) is 0 Å². The van der Waals surface area contributed by atoms with Crippen LogP contribution in [0.2, 0.25) is 0 Å². The van der Waals surface area contributed by atoms with E-state index >= 15 is 0 Å². The van der Waals surface area contributed by atoms with Crippen molar-refractivity contribution in [2.75, 3.05) is 34.9 Å². The van der Waals surface area contributed by atoms with Crippen LogP contribution in [-0.2, 0) is 13.0 Å². The molecular weight excluding hydrogens is 388 g/mol. The van der Waals surface area contributed by atoms with Gasteiger partial charge in [-0.1, -0.05) is 12.1 Å². The molecule has 0 unspecified atom stereocenters. The molecule has 0 aliphatic carbocycles. The van der Waals surface area contributed by atoms with E-state index in [2.05, 4.69) is 20.2 Å². The lowest BCUT2D eigenvalue weighted by atomic mass is 10.1. The number of ether oxygens (including phenoxy) is 2. The van der Waals surface area contributed by atoms with Gasteiger partial charge in [0.05, 0.1) is 31.3 Å². The zero-order chi connectivity index (χ0) is 20.6. The first-order valence-corrected chi connectivity index (χ1v) is 10.1. The Labute approximate surface area is 175 Å². The lowest BCUT2D eigenvalue weighted by Crippen LogP contribution is -2.39. The molecule has 0 spiro atoms. The summed E-state index contributed by atoms with van der Waals surface area (Å²) in [5, 5.41) is 5.34. The Hall–Kier alpha value is -3.00. The molecule has 154 valence electrons. The van der Waals surface area contributed by atoms with Gasteiger partial charge in [0.15, 0.2) is 17.5 Å². The number of aromatic nitrogens is 1. The van der Waals surface area contributed by atoms with Crippen LogP contribution in [0.3, 0.4) is 0 Å². The fourth-order valence-electron chi connectivity index (χ4n) is 2.89. The largest absolute Gasteiger partial charge is 0.493 e. The average molecular weight is 415 g/mol. The number of oxazole rings is 1. The summed E-state index contributed by atoms with van der Waals surface area (Å²) in [6.45, 7) is 1.34. The van der Waals surface area contributed by atoms with Gasteiger partial charge in [-0.15, -0.1) is 11.3 Å². The van der Waals surface area contributed by atoms with E-state index in [1.807, 2.05) is 42.8 Å². The summed E-state index contributed by atoms with van der Waals surface area (Å²) in [5.41, 5.74) is 2.00. The van der Waals surface area contributed by atoms with E-state index < -0.39 is 0 Å². The van der Waals surface area contributed by atoms with Gasteiger partial charge in [0.1, 0.15) is 6.26 Å². The summed E-state index contributed by atoms with van der Waals surface area (Å²) < 4.78 is 16.2. The molecular formula is C21H26N4O3S. The molecule has 7 nitrogen and oxygen atoms in total. The van der Waals surface area contributed by atoms with Gasteiger partial charge in [0.25, 0.3) is 0 Å². The highest BCUT2D eigenvalue weighted by Gasteiger charge is 2.11. The standard InChI is InChI=1S/C21H26N4O3S/c1-22-21(23-13-16-14-28-20(24-16)19-6-5-11-29-19)25(2)10-9-15-7-8-17(26-3)18(12-15)27-4/h5-8,11-12,14H,9-10,13H2,1-4H3,(H,22,23).